The summed E-state index contributed by atoms with van der Waals surface area (Å²) in [6.07, 6.45) is 4.44. The van der Waals surface area contributed by atoms with E-state index < -0.39 is 9.84 Å². The molecule has 19 heavy (non-hydrogen) atoms. The molecule has 0 fully saturated rings. The van der Waals surface area contributed by atoms with Crippen molar-refractivity contribution in [2.45, 2.75) is 17.7 Å². The van der Waals surface area contributed by atoms with Gasteiger partial charge in [0.25, 0.3) is 0 Å². The highest BCUT2D eigenvalue weighted by molar-refractivity contribution is 7.90. The Morgan fingerprint density at radius 1 is 1.26 bits per heavy atom. The van der Waals surface area contributed by atoms with Gasteiger partial charge in [0, 0.05) is 24.9 Å². The Labute approximate surface area is 112 Å². The Bertz CT molecular complexity index is 606. The van der Waals surface area contributed by atoms with Gasteiger partial charge in [-0.05, 0) is 30.7 Å². The van der Waals surface area contributed by atoms with Gasteiger partial charge in [-0.2, -0.15) is 5.10 Å². The van der Waals surface area contributed by atoms with Crippen molar-refractivity contribution in [3.8, 4) is 0 Å². The van der Waals surface area contributed by atoms with Crippen LogP contribution in [-0.4, -0.2) is 36.4 Å². The Balaban J connectivity index is 1.80. The monoisotopic (exact) mass is 280 g/mol. The van der Waals surface area contributed by atoms with Crippen LogP contribution >= 0.6 is 0 Å². The zero-order valence-corrected chi connectivity index (χ0v) is 11.4. The highest BCUT2D eigenvalue weighted by atomic mass is 32.2. The molecule has 0 spiro atoms. The van der Waals surface area contributed by atoms with Crippen molar-refractivity contribution in [2.24, 2.45) is 0 Å². The summed E-state index contributed by atoms with van der Waals surface area (Å²) in [5.41, 5.74) is 0.907. The van der Waals surface area contributed by atoms with Crippen molar-refractivity contribution >= 4 is 15.5 Å². The molecule has 0 amide bonds. The van der Waals surface area contributed by atoms with E-state index in [0.29, 0.717) is 4.90 Å². The fourth-order valence-corrected chi connectivity index (χ4v) is 2.29. The van der Waals surface area contributed by atoms with Gasteiger partial charge in [0.05, 0.1) is 4.90 Å². The highest BCUT2D eigenvalue weighted by Gasteiger charge is 2.05. The van der Waals surface area contributed by atoms with Gasteiger partial charge in [-0.3, -0.25) is 5.10 Å². The molecule has 2 N–H and O–H groups in total. The van der Waals surface area contributed by atoms with E-state index in [0.717, 1.165) is 30.9 Å². The van der Waals surface area contributed by atoms with Crippen LogP contribution in [-0.2, 0) is 16.3 Å². The van der Waals surface area contributed by atoms with Crippen molar-refractivity contribution in [2.75, 3.05) is 18.1 Å². The topological polar surface area (TPSA) is 87.7 Å². The molecule has 0 saturated heterocycles. The minimum atomic E-state index is -3.12. The Morgan fingerprint density at radius 3 is 2.58 bits per heavy atom. The van der Waals surface area contributed by atoms with Crippen LogP contribution in [0.4, 0.5) is 5.69 Å². The van der Waals surface area contributed by atoms with Gasteiger partial charge in [-0.25, -0.2) is 13.4 Å². The van der Waals surface area contributed by atoms with Crippen LogP contribution in [0.1, 0.15) is 12.2 Å². The average molecular weight is 280 g/mol. The first-order valence-corrected chi connectivity index (χ1v) is 7.83. The maximum absolute atomic E-state index is 11.3. The van der Waals surface area contributed by atoms with Crippen LogP contribution in [0.15, 0.2) is 35.5 Å². The number of aryl methyl sites for hydroxylation is 1. The molecule has 102 valence electrons. The van der Waals surface area contributed by atoms with Crippen LogP contribution in [0.3, 0.4) is 0 Å². The normalized spacial score (nSPS) is 11.4. The van der Waals surface area contributed by atoms with Gasteiger partial charge in [-0.1, -0.05) is 0 Å². The Hall–Kier alpha value is -1.89. The number of hydrogen-bond donors (Lipinski definition) is 2. The zero-order valence-electron chi connectivity index (χ0n) is 10.6. The zero-order chi connectivity index (χ0) is 13.7. The van der Waals surface area contributed by atoms with Gasteiger partial charge in [0.15, 0.2) is 9.84 Å². The smallest absolute Gasteiger partial charge is 0.175 e. The number of rotatable bonds is 6. The predicted molar refractivity (Wildman–Crippen MR) is 72.7 cm³/mol. The van der Waals surface area contributed by atoms with Crippen molar-refractivity contribution < 1.29 is 8.42 Å². The molecule has 0 unspecified atom stereocenters. The van der Waals surface area contributed by atoms with Crippen molar-refractivity contribution in [3.63, 3.8) is 0 Å². The summed E-state index contributed by atoms with van der Waals surface area (Å²) in [6, 6.07) is 6.75. The molecule has 0 aliphatic heterocycles. The SMILES string of the molecule is CS(=O)(=O)c1ccc(NCCCc2ncn[nH]2)cc1. The van der Waals surface area contributed by atoms with Gasteiger partial charge < -0.3 is 5.32 Å². The maximum atomic E-state index is 11.3. The standard InChI is InChI=1S/C12H16N4O2S/c1-19(17,18)11-6-4-10(5-7-11)13-8-2-3-12-14-9-15-16-12/h4-7,9,13H,2-3,8H2,1H3,(H,14,15,16). The summed E-state index contributed by atoms with van der Waals surface area (Å²) in [5, 5.41) is 9.81. The van der Waals surface area contributed by atoms with Crippen LogP contribution in [0, 0.1) is 0 Å². The van der Waals surface area contributed by atoms with Crippen LogP contribution in [0.2, 0.25) is 0 Å². The summed E-state index contributed by atoms with van der Waals surface area (Å²) in [5.74, 6) is 0.870. The molecule has 0 bridgehead atoms. The minimum Gasteiger partial charge on any atom is -0.385 e. The van der Waals surface area contributed by atoms with Crippen molar-refractivity contribution in [1.29, 1.82) is 0 Å². The quantitative estimate of drug-likeness (QED) is 0.778. The molecular weight excluding hydrogens is 264 g/mol. The second-order valence-electron chi connectivity index (χ2n) is 4.26. The predicted octanol–water partition coefficient (Wildman–Crippen LogP) is 1.25. The molecule has 1 aromatic carbocycles. The van der Waals surface area contributed by atoms with E-state index in [1.54, 1.807) is 24.3 Å². The second-order valence-corrected chi connectivity index (χ2v) is 6.27. The lowest BCUT2D eigenvalue weighted by molar-refractivity contribution is 0.602. The summed E-state index contributed by atoms with van der Waals surface area (Å²) >= 11 is 0. The third-order valence-corrected chi connectivity index (χ3v) is 3.80. The number of H-pyrrole nitrogens is 1. The molecule has 0 saturated carbocycles. The first-order valence-electron chi connectivity index (χ1n) is 5.94. The van der Waals surface area contributed by atoms with E-state index in [9.17, 15) is 8.42 Å². The lowest BCUT2D eigenvalue weighted by atomic mass is 10.2. The van der Waals surface area contributed by atoms with Crippen LogP contribution in [0.5, 0.6) is 0 Å². The van der Waals surface area contributed by atoms with E-state index in [1.165, 1.54) is 12.6 Å². The fourth-order valence-electron chi connectivity index (χ4n) is 1.66. The molecule has 2 rings (SSSR count). The van der Waals surface area contributed by atoms with E-state index in [2.05, 4.69) is 20.5 Å². The molecule has 0 aliphatic rings. The molecule has 2 aromatic rings. The molecular formula is C12H16N4O2S. The summed E-state index contributed by atoms with van der Waals surface area (Å²) < 4.78 is 22.6. The second kappa shape index (κ2) is 5.83. The summed E-state index contributed by atoms with van der Waals surface area (Å²) in [6.45, 7) is 0.791. The number of nitrogens with one attached hydrogen (secondary N) is 2. The minimum absolute atomic E-state index is 0.333. The van der Waals surface area contributed by atoms with Crippen molar-refractivity contribution in [3.05, 3.63) is 36.4 Å². The fraction of sp³-hybridized carbons (Fsp3) is 0.333. The van der Waals surface area contributed by atoms with Gasteiger partial charge in [0.1, 0.15) is 12.2 Å². The Morgan fingerprint density at radius 2 is 2.00 bits per heavy atom. The summed E-state index contributed by atoms with van der Waals surface area (Å²) in [7, 11) is -3.12. The largest absolute Gasteiger partial charge is 0.385 e. The molecule has 6 nitrogen and oxygen atoms in total. The Kier molecular flexibility index (Phi) is 4.16. The lowest BCUT2D eigenvalue weighted by Gasteiger charge is -2.06. The average Bonchev–Trinajstić information content (AvgIpc) is 2.87. The van der Waals surface area contributed by atoms with E-state index in [1.807, 2.05) is 0 Å². The number of anilines is 1. The molecule has 0 atom stereocenters. The maximum Gasteiger partial charge on any atom is 0.175 e. The number of aromatic amines is 1. The van der Waals surface area contributed by atoms with Crippen LogP contribution < -0.4 is 5.32 Å². The molecule has 1 heterocycles. The first-order chi connectivity index (χ1) is 9.05. The number of benzene rings is 1. The number of sulfone groups is 1. The van der Waals surface area contributed by atoms with Gasteiger partial charge in [-0.15, -0.1) is 0 Å². The number of hydrogen-bond acceptors (Lipinski definition) is 5. The number of nitrogens with zero attached hydrogens (tertiary/aromatic N) is 2. The van der Waals surface area contributed by atoms with Gasteiger partial charge in [0.2, 0.25) is 0 Å². The molecule has 7 heteroatoms. The third-order valence-electron chi connectivity index (χ3n) is 2.67. The molecule has 0 aliphatic carbocycles. The lowest BCUT2D eigenvalue weighted by Crippen LogP contribution is -2.04. The summed E-state index contributed by atoms with van der Waals surface area (Å²) in [4.78, 5) is 4.37. The van der Waals surface area contributed by atoms with E-state index in [4.69, 9.17) is 0 Å². The van der Waals surface area contributed by atoms with Crippen LogP contribution in [0.25, 0.3) is 0 Å². The molecule has 1 aromatic heterocycles. The highest BCUT2D eigenvalue weighted by Crippen LogP contribution is 2.13. The van der Waals surface area contributed by atoms with Crippen molar-refractivity contribution in [1.82, 2.24) is 15.2 Å². The number of aromatic nitrogens is 3. The van der Waals surface area contributed by atoms with E-state index in [-0.39, 0.29) is 0 Å². The molecule has 0 radical (unpaired) electrons. The van der Waals surface area contributed by atoms with E-state index >= 15 is 0 Å². The first kappa shape index (κ1) is 13.5. The van der Waals surface area contributed by atoms with Gasteiger partial charge >= 0.3 is 0 Å². The third kappa shape index (κ3) is 4.06.